The third-order valence-corrected chi connectivity index (χ3v) is 6.79. The lowest BCUT2D eigenvalue weighted by Gasteiger charge is -2.37. The molecule has 0 spiro atoms. The minimum Gasteiger partial charge on any atom is -0.345 e. The molecule has 39 heavy (non-hydrogen) atoms. The van der Waals surface area contributed by atoms with Gasteiger partial charge in [0.25, 0.3) is 0 Å². The number of nitrogens with zero attached hydrogens (tertiary/aromatic N) is 4. The molecule has 198 valence electrons. The highest BCUT2D eigenvalue weighted by Gasteiger charge is 2.38. The maximum absolute atomic E-state index is 4.51. The maximum atomic E-state index is 4.51. The van der Waals surface area contributed by atoms with Gasteiger partial charge in [0, 0.05) is 23.7 Å². The molecule has 3 aromatic carbocycles. The summed E-state index contributed by atoms with van der Waals surface area (Å²) >= 11 is 2.27. The van der Waals surface area contributed by atoms with Crippen LogP contribution in [0.25, 0.3) is 11.3 Å². The van der Waals surface area contributed by atoms with E-state index in [-0.39, 0.29) is 24.8 Å². The molecule has 0 aliphatic rings. The van der Waals surface area contributed by atoms with Gasteiger partial charge in [0.05, 0.1) is 24.5 Å². The normalized spacial score (nSPS) is 10.4. The maximum Gasteiger partial charge on any atom is 0.121 e. The van der Waals surface area contributed by atoms with Crippen LogP contribution in [0.4, 0.5) is 0 Å². The van der Waals surface area contributed by atoms with Crippen LogP contribution >= 0.6 is 47.4 Å². The number of hydrogen-bond donors (Lipinski definition) is 1. The van der Waals surface area contributed by atoms with E-state index in [1.807, 2.05) is 31.6 Å². The Balaban J connectivity index is 0.000000254. The fraction of sp³-hybridized carbons (Fsp3) is 0.0645. The van der Waals surface area contributed by atoms with Gasteiger partial charge in [-0.15, -0.1) is 24.8 Å². The Bertz CT molecular complexity index is 1430. The van der Waals surface area contributed by atoms with Crippen molar-refractivity contribution >= 4 is 47.4 Å². The highest BCUT2D eigenvalue weighted by molar-refractivity contribution is 14.1. The van der Waals surface area contributed by atoms with Crippen LogP contribution in [-0.4, -0.2) is 24.5 Å². The van der Waals surface area contributed by atoms with Crippen LogP contribution < -0.4 is 0 Å². The van der Waals surface area contributed by atoms with Gasteiger partial charge in [0.15, 0.2) is 0 Å². The van der Waals surface area contributed by atoms with Crippen molar-refractivity contribution in [1.82, 2.24) is 24.5 Å². The predicted octanol–water partition coefficient (Wildman–Crippen LogP) is 7.95. The number of rotatable bonds is 5. The Hall–Kier alpha value is -3.46. The van der Waals surface area contributed by atoms with E-state index in [1.165, 1.54) is 16.7 Å². The van der Waals surface area contributed by atoms with Crippen molar-refractivity contribution in [1.29, 1.82) is 0 Å². The lowest BCUT2D eigenvalue weighted by Crippen LogP contribution is -2.36. The lowest BCUT2D eigenvalue weighted by atomic mass is 9.77. The van der Waals surface area contributed by atoms with Crippen LogP contribution in [0.3, 0.4) is 0 Å². The van der Waals surface area contributed by atoms with E-state index in [1.54, 1.807) is 12.5 Å². The molecule has 5 nitrogen and oxygen atoms in total. The fourth-order valence-corrected chi connectivity index (χ4v) is 4.93. The second kappa shape index (κ2) is 14.1. The van der Waals surface area contributed by atoms with E-state index >= 15 is 0 Å². The van der Waals surface area contributed by atoms with E-state index < -0.39 is 5.54 Å². The first-order chi connectivity index (χ1) is 18.2. The predicted molar refractivity (Wildman–Crippen MR) is 171 cm³/mol. The second-order valence-corrected chi connectivity index (χ2v) is 9.67. The summed E-state index contributed by atoms with van der Waals surface area (Å²) in [6.07, 6.45) is 9.31. The third kappa shape index (κ3) is 6.58. The zero-order chi connectivity index (χ0) is 25.5. The number of hydrogen-bond acceptors (Lipinski definition) is 3. The van der Waals surface area contributed by atoms with Gasteiger partial charge in [0.2, 0.25) is 0 Å². The van der Waals surface area contributed by atoms with Gasteiger partial charge in [-0.05, 0) is 58.3 Å². The molecule has 3 aromatic heterocycles. The molecule has 0 amide bonds. The van der Waals surface area contributed by atoms with E-state index in [2.05, 4.69) is 144 Å². The van der Waals surface area contributed by atoms with E-state index in [9.17, 15) is 0 Å². The molecule has 0 fully saturated rings. The molecule has 6 aromatic rings. The minimum atomic E-state index is -0.458. The smallest absolute Gasteiger partial charge is 0.121 e. The summed E-state index contributed by atoms with van der Waals surface area (Å²) in [7, 11) is 0. The molecule has 0 atom stereocenters. The van der Waals surface area contributed by atoms with Crippen LogP contribution in [0.2, 0.25) is 0 Å². The Morgan fingerprint density at radius 2 is 1.23 bits per heavy atom. The molecule has 0 aliphatic heterocycles. The average Bonchev–Trinajstić information content (AvgIpc) is 3.65. The topological polar surface area (TPSA) is 59.4 Å². The van der Waals surface area contributed by atoms with Gasteiger partial charge in [0.1, 0.15) is 9.24 Å². The Kier molecular flexibility index (Phi) is 10.9. The highest BCUT2D eigenvalue weighted by Crippen LogP contribution is 2.40. The van der Waals surface area contributed by atoms with Crippen LogP contribution in [0.15, 0.2) is 134 Å². The van der Waals surface area contributed by atoms with Crippen molar-refractivity contribution < 1.29 is 0 Å². The molecule has 0 radical (unpaired) electrons. The highest BCUT2D eigenvalue weighted by atomic mass is 127. The van der Waals surface area contributed by atoms with Crippen LogP contribution in [0, 0.1) is 10.6 Å². The molecule has 0 saturated carbocycles. The van der Waals surface area contributed by atoms with Gasteiger partial charge in [-0.1, -0.05) is 91.0 Å². The van der Waals surface area contributed by atoms with Gasteiger partial charge >= 0.3 is 0 Å². The summed E-state index contributed by atoms with van der Waals surface area (Å²) in [6.45, 7) is 1.97. The average molecular weight is 668 g/mol. The fourth-order valence-electron chi connectivity index (χ4n) is 4.51. The minimum absolute atomic E-state index is 0. The second-order valence-electron chi connectivity index (χ2n) is 8.57. The molecular weight excluding hydrogens is 640 g/mol. The number of H-pyrrole nitrogens is 1. The third-order valence-electron chi connectivity index (χ3n) is 6.23. The SMILES string of the molecule is Cc1ccc(-c2cnc[nH]2)cn1.Cl.Cl.Ic1cn(C(c2ccccc2)(c2ccccc2)c2ccccc2)cn1. The number of aromatic amines is 1. The Morgan fingerprint density at radius 3 is 1.62 bits per heavy atom. The standard InChI is InChI=1S/C22H17IN2.C9H9N3.2ClH/c23-21-16-25(17-24-21)22(18-10-4-1-5-11-18,19-12-6-2-7-13-19)20-14-8-3-9-15-20;1-7-2-3-8(4-11-7)9-5-10-6-12-9;;/h1-17H;2-6H,1H3,(H,10,12);2*1H. The van der Waals surface area contributed by atoms with E-state index in [0.717, 1.165) is 20.7 Å². The van der Waals surface area contributed by atoms with Gasteiger partial charge in [-0.3, -0.25) is 4.98 Å². The molecule has 0 aliphatic carbocycles. The molecule has 0 saturated heterocycles. The zero-order valence-electron chi connectivity index (χ0n) is 21.2. The van der Waals surface area contributed by atoms with Crippen molar-refractivity contribution in [2.45, 2.75) is 12.5 Å². The van der Waals surface area contributed by atoms with Crippen molar-refractivity contribution in [3.05, 3.63) is 160 Å². The summed E-state index contributed by atoms with van der Waals surface area (Å²) < 4.78 is 3.19. The number of benzene rings is 3. The number of aryl methyl sites for hydroxylation is 1. The number of nitrogens with one attached hydrogen (secondary N) is 1. The first-order valence-corrected chi connectivity index (χ1v) is 13.0. The van der Waals surface area contributed by atoms with Crippen molar-refractivity contribution in [2.75, 3.05) is 0 Å². The molecule has 1 N–H and O–H groups in total. The molecule has 8 heteroatoms. The first kappa shape index (κ1) is 30.1. The largest absolute Gasteiger partial charge is 0.345 e. The van der Waals surface area contributed by atoms with Gasteiger partial charge < -0.3 is 9.55 Å². The van der Waals surface area contributed by atoms with Gasteiger partial charge in [-0.25, -0.2) is 9.97 Å². The summed E-state index contributed by atoms with van der Waals surface area (Å²) in [5.74, 6) is 0. The van der Waals surface area contributed by atoms with Crippen LogP contribution in [-0.2, 0) is 5.54 Å². The molecule has 6 rings (SSSR count). The monoisotopic (exact) mass is 667 g/mol. The van der Waals surface area contributed by atoms with Crippen LogP contribution in [0.5, 0.6) is 0 Å². The van der Waals surface area contributed by atoms with Crippen molar-refractivity contribution in [3.63, 3.8) is 0 Å². The summed E-state index contributed by atoms with van der Waals surface area (Å²) in [5, 5.41) is 0. The molecule has 3 heterocycles. The van der Waals surface area contributed by atoms with Crippen molar-refractivity contribution in [3.8, 4) is 11.3 Å². The lowest BCUT2D eigenvalue weighted by molar-refractivity contribution is 0.514. The first-order valence-electron chi connectivity index (χ1n) is 12.0. The molecule has 0 bridgehead atoms. The van der Waals surface area contributed by atoms with E-state index in [0.29, 0.717) is 0 Å². The van der Waals surface area contributed by atoms with E-state index in [4.69, 9.17) is 0 Å². The zero-order valence-corrected chi connectivity index (χ0v) is 25.0. The number of halogens is 3. The number of pyridine rings is 1. The molecule has 0 unspecified atom stereocenters. The van der Waals surface area contributed by atoms with Gasteiger partial charge in [-0.2, -0.15) is 0 Å². The molecular formula is C31H28Cl2IN5. The quantitative estimate of drug-likeness (QED) is 0.150. The summed E-state index contributed by atoms with van der Waals surface area (Å²) in [6, 6.07) is 35.9. The number of imidazole rings is 2. The number of aromatic nitrogens is 5. The Morgan fingerprint density at radius 1 is 0.692 bits per heavy atom. The Labute approximate surface area is 254 Å². The van der Waals surface area contributed by atoms with Crippen molar-refractivity contribution in [2.24, 2.45) is 0 Å². The van der Waals surface area contributed by atoms with Crippen LogP contribution in [0.1, 0.15) is 22.4 Å². The summed E-state index contributed by atoms with van der Waals surface area (Å²) in [4.78, 5) is 15.7. The summed E-state index contributed by atoms with van der Waals surface area (Å²) in [5.41, 5.74) is 6.27.